The lowest BCUT2D eigenvalue weighted by Gasteiger charge is -2.44. The van der Waals surface area contributed by atoms with Gasteiger partial charge in [0, 0.05) is 25.8 Å². The number of nitriles is 1. The van der Waals surface area contributed by atoms with Gasteiger partial charge in [-0.3, -0.25) is 14.6 Å². The van der Waals surface area contributed by atoms with Crippen LogP contribution in [-0.4, -0.2) is 62.0 Å². The average Bonchev–Trinajstić information content (AvgIpc) is 2.85. The maximum Gasteiger partial charge on any atom is 0.262 e. The third-order valence-electron chi connectivity index (χ3n) is 5.23. The number of amides is 1. The highest BCUT2D eigenvalue weighted by Gasteiger charge is 2.40. The van der Waals surface area contributed by atoms with Gasteiger partial charge in [-0.2, -0.15) is 5.26 Å². The maximum absolute atomic E-state index is 13.6. The van der Waals surface area contributed by atoms with Crippen molar-refractivity contribution in [2.24, 2.45) is 4.99 Å². The van der Waals surface area contributed by atoms with Gasteiger partial charge < -0.3 is 9.64 Å². The number of anilines is 1. The zero-order chi connectivity index (χ0) is 19.8. The molecule has 142 valence electrons. The van der Waals surface area contributed by atoms with Gasteiger partial charge >= 0.3 is 0 Å². The second-order valence-corrected chi connectivity index (χ2v) is 6.96. The van der Waals surface area contributed by atoms with E-state index in [1.165, 1.54) is 0 Å². The summed E-state index contributed by atoms with van der Waals surface area (Å²) in [5.74, 6) is 1.35. The zero-order valence-corrected chi connectivity index (χ0v) is 16.1. The van der Waals surface area contributed by atoms with E-state index in [2.05, 4.69) is 15.9 Å². The van der Waals surface area contributed by atoms with Gasteiger partial charge in [-0.25, -0.2) is 4.99 Å². The molecule has 2 aromatic carbocycles. The van der Waals surface area contributed by atoms with Gasteiger partial charge in [-0.1, -0.05) is 0 Å². The molecule has 2 aromatic rings. The number of fused-ring (bicyclic) bond motifs is 2. The van der Waals surface area contributed by atoms with Crippen molar-refractivity contribution in [2.45, 2.75) is 6.17 Å². The van der Waals surface area contributed by atoms with E-state index in [0.29, 0.717) is 16.8 Å². The smallest absolute Gasteiger partial charge is 0.262 e. The molecule has 0 aromatic heterocycles. The Balaban J connectivity index is 1.92. The lowest BCUT2D eigenvalue weighted by molar-refractivity contribution is 0.0949. The van der Waals surface area contributed by atoms with Crippen LogP contribution in [-0.2, 0) is 0 Å². The van der Waals surface area contributed by atoms with Crippen LogP contribution in [0, 0.1) is 11.3 Å². The number of rotatable bonds is 2. The van der Waals surface area contributed by atoms with Gasteiger partial charge in [-0.15, -0.1) is 0 Å². The SMILES string of the molecule is COc1ccc(N2C(=O)c3cc(C#N)ccc3N=C3C2N(C)CCN3C)cc1. The molecule has 0 radical (unpaired) electrons. The van der Waals surface area contributed by atoms with E-state index in [-0.39, 0.29) is 12.1 Å². The number of benzene rings is 2. The topological polar surface area (TPSA) is 72.2 Å². The third-order valence-corrected chi connectivity index (χ3v) is 5.23. The maximum atomic E-state index is 13.6. The van der Waals surface area contributed by atoms with E-state index >= 15 is 0 Å². The zero-order valence-electron chi connectivity index (χ0n) is 16.1. The van der Waals surface area contributed by atoms with E-state index in [9.17, 15) is 10.1 Å². The number of likely N-dealkylation sites (N-methyl/N-ethyl adjacent to an activating group) is 2. The highest BCUT2D eigenvalue weighted by Crippen LogP contribution is 2.33. The molecule has 1 unspecified atom stereocenters. The van der Waals surface area contributed by atoms with Crippen LogP contribution < -0.4 is 9.64 Å². The van der Waals surface area contributed by atoms with Crippen LogP contribution >= 0.6 is 0 Å². The van der Waals surface area contributed by atoms with Crippen LogP contribution in [0.4, 0.5) is 11.4 Å². The van der Waals surface area contributed by atoms with E-state index in [0.717, 1.165) is 30.4 Å². The van der Waals surface area contributed by atoms with Gasteiger partial charge in [0.25, 0.3) is 5.91 Å². The molecule has 1 amide bonds. The summed E-state index contributed by atoms with van der Waals surface area (Å²) in [5, 5.41) is 9.29. The normalized spacial score (nSPS) is 19.3. The molecule has 7 nitrogen and oxygen atoms in total. The Morgan fingerprint density at radius 2 is 1.89 bits per heavy atom. The van der Waals surface area contributed by atoms with Crippen molar-refractivity contribution in [3.63, 3.8) is 0 Å². The molecule has 4 rings (SSSR count). The molecule has 2 aliphatic heterocycles. The van der Waals surface area contributed by atoms with Gasteiger partial charge in [0.15, 0.2) is 0 Å². The van der Waals surface area contributed by atoms with Crippen molar-refractivity contribution >= 4 is 23.1 Å². The van der Waals surface area contributed by atoms with Gasteiger partial charge in [0.05, 0.1) is 30.0 Å². The predicted octanol–water partition coefficient (Wildman–Crippen LogP) is 2.46. The number of hydrogen-bond acceptors (Lipinski definition) is 6. The lowest BCUT2D eigenvalue weighted by Crippen LogP contribution is -2.62. The summed E-state index contributed by atoms with van der Waals surface area (Å²) in [5.41, 5.74) is 2.20. The Morgan fingerprint density at radius 1 is 1.14 bits per heavy atom. The summed E-state index contributed by atoms with van der Waals surface area (Å²) < 4.78 is 5.26. The van der Waals surface area contributed by atoms with Crippen LogP contribution in [0.15, 0.2) is 47.5 Å². The second-order valence-electron chi connectivity index (χ2n) is 6.96. The average molecular weight is 375 g/mol. The van der Waals surface area contributed by atoms with Gasteiger partial charge in [-0.05, 0) is 49.5 Å². The van der Waals surface area contributed by atoms with Crippen LogP contribution in [0.2, 0.25) is 0 Å². The molecule has 1 saturated heterocycles. The summed E-state index contributed by atoms with van der Waals surface area (Å²) in [7, 11) is 5.60. The summed E-state index contributed by atoms with van der Waals surface area (Å²) in [6.07, 6.45) is -0.336. The van der Waals surface area contributed by atoms with E-state index in [1.807, 2.05) is 38.4 Å². The number of nitrogens with zero attached hydrogens (tertiary/aromatic N) is 5. The number of amidine groups is 1. The quantitative estimate of drug-likeness (QED) is 0.806. The Kier molecular flexibility index (Phi) is 4.49. The third kappa shape index (κ3) is 2.88. The molecule has 0 spiro atoms. The minimum Gasteiger partial charge on any atom is -0.497 e. The first-order chi connectivity index (χ1) is 13.5. The van der Waals surface area contributed by atoms with Crippen LogP contribution in [0.1, 0.15) is 15.9 Å². The van der Waals surface area contributed by atoms with E-state index in [1.54, 1.807) is 30.2 Å². The van der Waals surface area contributed by atoms with Crippen molar-refractivity contribution in [1.29, 1.82) is 5.26 Å². The van der Waals surface area contributed by atoms with Crippen molar-refractivity contribution < 1.29 is 9.53 Å². The van der Waals surface area contributed by atoms with E-state index < -0.39 is 0 Å². The fourth-order valence-electron chi connectivity index (χ4n) is 3.63. The molecule has 1 fully saturated rings. The first-order valence-electron chi connectivity index (χ1n) is 9.05. The monoisotopic (exact) mass is 375 g/mol. The number of carbonyl (C=O) groups excluding carboxylic acids is 1. The Morgan fingerprint density at radius 3 is 2.57 bits per heavy atom. The molecular weight excluding hydrogens is 354 g/mol. The number of piperazine rings is 1. The molecule has 2 heterocycles. The fraction of sp³-hybridized carbons (Fsp3) is 0.286. The highest BCUT2D eigenvalue weighted by molar-refractivity contribution is 6.15. The molecule has 0 bridgehead atoms. The predicted molar refractivity (Wildman–Crippen MR) is 107 cm³/mol. The number of carbonyl (C=O) groups is 1. The molecule has 2 aliphatic rings. The van der Waals surface area contributed by atoms with Crippen molar-refractivity contribution in [3.8, 4) is 11.8 Å². The fourth-order valence-corrected chi connectivity index (χ4v) is 3.63. The lowest BCUT2D eigenvalue weighted by atomic mass is 10.1. The largest absolute Gasteiger partial charge is 0.497 e. The van der Waals surface area contributed by atoms with Gasteiger partial charge in [0.2, 0.25) is 0 Å². The molecule has 7 heteroatoms. The first-order valence-corrected chi connectivity index (χ1v) is 9.05. The summed E-state index contributed by atoms with van der Waals surface area (Å²) in [4.78, 5) is 24.4. The van der Waals surface area contributed by atoms with Crippen LogP contribution in [0.3, 0.4) is 0 Å². The Hall–Kier alpha value is -3.37. The van der Waals surface area contributed by atoms with Crippen molar-refractivity contribution in [3.05, 3.63) is 53.6 Å². The van der Waals surface area contributed by atoms with Crippen LogP contribution in [0.5, 0.6) is 5.75 Å². The number of methoxy groups -OCH3 is 1. The number of ether oxygens (including phenoxy) is 1. The molecule has 0 aliphatic carbocycles. The summed E-state index contributed by atoms with van der Waals surface area (Å²) in [6.45, 7) is 1.63. The minimum atomic E-state index is -0.336. The standard InChI is InChI=1S/C21H21N5O2/c1-24-10-11-25(2)20-19(24)23-18-9-4-14(13-22)12-17(18)21(27)26(20)15-5-7-16(28-3)8-6-15/h4-9,12,20H,10-11H2,1-3H3. The molecule has 28 heavy (non-hydrogen) atoms. The van der Waals surface area contributed by atoms with Crippen LogP contribution in [0.25, 0.3) is 0 Å². The van der Waals surface area contributed by atoms with Crippen molar-refractivity contribution in [2.75, 3.05) is 39.2 Å². The number of aliphatic imine (C=N–C) groups is 1. The summed E-state index contributed by atoms with van der Waals surface area (Å²) >= 11 is 0. The van der Waals surface area contributed by atoms with Gasteiger partial charge in [0.1, 0.15) is 17.8 Å². The molecular formula is C21H21N5O2. The molecule has 1 atom stereocenters. The minimum absolute atomic E-state index is 0.178. The van der Waals surface area contributed by atoms with E-state index in [4.69, 9.17) is 9.73 Å². The molecule has 0 N–H and O–H groups in total. The first kappa shape index (κ1) is 18.0. The summed E-state index contributed by atoms with van der Waals surface area (Å²) in [6, 6.07) is 14.6. The molecule has 0 saturated carbocycles. The Labute approximate surface area is 164 Å². The highest BCUT2D eigenvalue weighted by atomic mass is 16.5. The second kappa shape index (κ2) is 6.98. The Bertz CT molecular complexity index is 993. The van der Waals surface area contributed by atoms with Crippen molar-refractivity contribution in [1.82, 2.24) is 9.80 Å². The number of hydrogen-bond donors (Lipinski definition) is 0.